The maximum absolute atomic E-state index is 13.9. The zero-order valence-corrected chi connectivity index (χ0v) is 24.4. The molecule has 3 amide bonds. The number of carbonyl (C=O) groups excluding carboxylic acids is 3. The van der Waals surface area contributed by atoms with Crippen molar-refractivity contribution < 1.29 is 40.7 Å². The number of alkyl carbamates (subject to hydrolysis) is 1. The zero-order valence-electron chi connectivity index (χ0n) is 22.8. The average Bonchev–Trinajstić information content (AvgIpc) is 2.91. The molecule has 2 atom stereocenters. The van der Waals surface area contributed by atoms with Crippen LogP contribution < -0.4 is 15.5 Å². The molecule has 0 unspecified atom stereocenters. The van der Waals surface area contributed by atoms with Crippen LogP contribution in [0.15, 0.2) is 47.4 Å². The monoisotopic (exact) mass is 617 g/mol. The second kappa shape index (κ2) is 12.3. The minimum absolute atomic E-state index is 0.0638. The van der Waals surface area contributed by atoms with E-state index in [0.29, 0.717) is 10.6 Å². The highest BCUT2D eigenvalue weighted by atomic mass is 35.5. The third-order valence-electron chi connectivity index (χ3n) is 6.16. The first-order valence-electron chi connectivity index (χ1n) is 12.7. The first-order chi connectivity index (χ1) is 18.9. The molecule has 0 saturated heterocycles. The van der Waals surface area contributed by atoms with E-state index in [1.807, 2.05) is 0 Å². The highest BCUT2D eigenvalue weighted by Gasteiger charge is 2.45. The Hall–Kier alpha value is -3.32. The van der Waals surface area contributed by atoms with Crippen molar-refractivity contribution >= 4 is 45.0 Å². The van der Waals surface area contributed by atoms with Gasteiger partial charge in [-0.1, -0.05) is 23.7 Å². The van der Waals surface area contributed by atoms with Gasteiger partial charge in [-0.3, -0.25) is 9.59 Å². The van der Waals surface area contributed by atoms with E-state index in [1.165, 1.54) is 25.1 Å². The molecule has 2 aromatic carbocycles. The van der Waals surface area contributed by atoms with Crippen molar-refractivity contribution in [2.45, 2.75) is 75.0 Å². The number of alkyl halides is 3. The van der Waals surface area contributed by atoms with E-state index in [-0.39, 0.29) is 35.7 Å². The Bertz CT molecular complexity index is 1410. The summed E-state index contributed by atoms with van der Waals surface area (Å²) in [5.74, 6) is -1.52. The van der Waals surface area contributed by atoms with Gasteiger partial charge in [0, 0.05) is 23.6 Å². The minimum Gasteiger partial charge on any atom is -0.444 e. The molecule has 2 N–H and O–H groups in total. The van der Waals surface area contributed by atoms with Gasteiger partial charge in [0.2, 0.25) is 0 Å². The average molecular weight is 618 g/mol. The zero-order chi connectivity index (χ0) is 30.8. The highest BCUT2D eigenvalue weighted by molar-refractivity contribution is 7.92. The van der Waals surface area contributed by atoms with Gasteiger partial charge in [-0.25, -0.2) is 13.2 Å². The predicted molar refractivity (Wildman–Crippen MR) is 147 cm³/mol. The highest BCUT2D eigenvalue weighted by Crippen LogP contribution is 2.36. The first kappa shape index (κ1) is 32.2. The Kier molecular flexibility index (Phi) is 9.64. The molecule has 0 aromatic heterocycles. The Labute approximate surface area is 241 Å². The van der Waals surface area contributed by atoms with Gasteiger partial charge in [0.25, 0.3) is 11.8 Å². The van der Waals surface area contributed by atoms with Gasteiger partial charge in [-0.05, 0) is 70.0 Å². The van der Waals surface area contributed by atoms with Gasteiger partial charge < -0.3 is 20.3 Å². The van der Waals surface area contributed by atoms with Crippen molar-refractivity contribution in [2.75, 3.05) is 11.4 Å². The number of benzene rings is 2. The number of ether oxygens (including phenoxy) is 1. The van der Waals surface area contributed by atoms with Crippen LogP contribution in [0, 0.1) is 0 Å². The van der Waals surface area contributed by atoms with Crippen molar-refractivity contribution in [3.05, 3.63) is 58.6 Å². The Morgan fingerprint density at radius 2 is 1.71 bits per heavy atom. The lowest BCUT2D eigenvalue weighted by molar-refractivity contribution is -0.135. The molecule has 0 aliphatic carbocycles. The smallest absolute Gasteiger partial charge is 0.408 e. The lowest BCUT2D eigenvalue weighted by atomic mass is 10.1. The third-order valence-corrected chi connectivity index (χ3v) is 8.62. The third kappa shape index (κ3) is 8.35. The number of rotatable bonds is 7. The van der Waals surface area contributed by atoms with Crippen molar-refractivity contribution in [3.8, 4) is 0 Å². The summed E-state index contributed by atoms with van der Waals surface area (Å²) in [6.07, 6.45) is -6.78. The maximum Gasteiger partial charge on any atom is 0.408 e. The second-order valence-electron chi connectivity index (χ2n) is 10.6. The summed E-state index contributed by atoms with van der Waals surface area (Å²) in [5, 5.41) is 3.79. The molecule has 0 saturated carbocycles. The fourth-order valence-corrected chi connectivity index (χ4v) is 5.91. The lowest BCUT2D eigenvalue weighted by Gasteiger charge is -2.28. The number of halogens is 4. The Morgan fingerprint density at radius 1 is 1.07 bits per heavy atom. The van der Waals surface area contributed by atoms with Gasteiger partial charge in [0.1, 0.15) is 11.6 Å². The number of anilines is 1. The predicted octanol–water partition coefficient (Wildman–Crippen LogP) is 5.01. The summed E-state index contributed by atoms with van der Waals surface area (Å²) in [6, 6.07) is 8.47. The largest absolute Gasteiger partial charge is 0.444 e. The molecule has 0 fully saturated rings. The van der Waals surface area contributed by atoms with Gasteiger partial charge in [0.05, 0.1) is 22.4 Å². The standard InChI is InChI=1S/C27H31ClF3N3O6S/c1-16-22(33-25(37)40-26(2,3)4)24(36)34(15-17-6-9-19(28)10-7-17)20-14-18(8-11-21(20)41(16,38)39)23(35)32-13-5-12-27(29,30)31/h6-11,14,16,22H,5,12-13,15H2,1-4H3,(H,32,35)(H,33,37)/t16-,22+/m1/s1. The molecule has 3 rings (SSSR count). The number of hydrogen-bond acceptors (Lipinski definition) is 6. The second-order valence-corrected chi connectivity index (χ2v) is 13.3. The minimum atomic E-state index is -4.37. The molecule has 1 aliphatic heterocycles. The molecule has 41 heavy (non-hydrogen) atoms. The Balaban J connectivity index is 2.04. The number of hydrogen-bond donors (Lipinski definition) is 2. The van der Waals surface area contributed by atoms with Crippen LogP contribution in [0.1, 0.15) is 56.5 Å². The van der Waals surface area contributed by atoms with E-state index in [9.17, 15) is 36.0 Å². The van der Waals surface area contributed by atoms with Crippen LogP contribution in [-0.4, -0.2) is 55.9 Å². The molecular formula is C27H31ClF3N3O6S. The van der Waals surface area contributed by atoms with Gasteiger partial charge in [-0.15, -0.1) is 0 Å². The number of amides is 3. The van der Waals surface area contributed by atoms with E-state index >= 15 is 0 Å². The Morgan fingerprint density at radius 3 is 2.29 bits per heavy atom. The molecular weight excluding hydrogens is 587 g/mol. The quantitative estimate of drug-likeness (QED) is 0.421. The first-order valence-corrected chi connectivity index (χ1v) is 14.6. The van der Waals surface area contributed by atoms with E-state index in [4.69, 9.17) is 16.3 Å². The van der Waals surface area contributed by atoms with Gasteiger partial charge in [-0.2, -0.15) is 13.2 Å². The van der Waals surface area contributed by atoms with Crippen molar-refractivity contribution in [2.24, 2.45) is 0 Å². The summed E-state index contributed by atoms with van der Waals surface area (Å²) in [6.45, 7) is 5.71. The fourth-order valence-electron chi connectivity index (χ4n) is 4.12. The molecule has 0 spiro atoms. The van der Waals surface area contributed by atoms with Crippen LogP contribution in [0.3, 0.4) is 0 Å². The normalized spacial score (nSPS) is 18.7. The summed E-state index contributed by atoms with van der Waals surface area (Å²) < 4.78 is 70.0. The van der Waals surface area contributed by atoms with Crippen LogP contribution in [0.4, 0.5) is 23.7 Å². The van der Waals surface area contributed by atoms with Crippen LogP contribution in [0.2, 0.25) is 5.02 Å². The summed E-state index contributed by atoms with van der Waals surface area (Å²) in [7, 11) is -4.25. The van der Waals surface area contributed by atoms with E-state index in [2.05, 4.69) is 10.6 Å². The maximum atomic E-state index is 13.9. The number of nitrogens with zero attached hydrogens (tertiary/aromatic N) is 1. The summed E-state index contributed by atoms with van der Waals surface area (Å²) in [4.78, 5) is 40.2. The van der Waals surface area contributed by atoms with Crippen LogP contribution in [-0.2, 0) is 25.9 Å². The molecule has 2 aromatic rings. The fraction of sp³-hybridized carbons (Fsp3) is 0.444. The van der Waals surface area contributed by atoms with Crippen molar-refractivity contribution in [1.82, 2.24) is 10.6 Å². The van der Waals surface area contributed by atoms with E-state index in [1.54, 1.807) is 45.0 Å². The van der Waals surface area contributed by atoms with Crippen LogP contribution >= 0.6 is 11.6 Å². The molecule has 14 heteroatoms. The van der Waals surface area contributed by atoms with Crippen LogP contribution in [0.5, 0.6) is 0 Å². The molecule has 0 radical (unpaired) electrons. The van der Waals surface area contributed by atoms with E-state index in [0.717, 1.165) is 4.90 Å². The molecule has 9 nitrogen and oxygen atoms in total. The van der Waals surface area contributed by atoms with Crippen molar-refractivity contribution in [1.29, 1.82) is 0 Å². The van der Waals surface area contributed by atoms with Crippen LogP contribution in [0.25, 0.3) is 0 Å². The van der Waals surface area contributed by atoms with Gasteiger partial charge in [0.15, 0.2) is 9.84 Å². The molecule has 1 aliphatic rings. The number of nitrogens with one attached hydrogen (secondary N) is 2. The summed E-state index contributed by atoms with van der Waals surface area (Å²) >= 11 is 5.98. The number of sulfone groups is 1. The SMILES string of the molecule is C[C@@H]1[C@H](NC(=O)OC(C)(C)C)C(=O)N(Cc2ccc(Cl)cc2)c2cc(C(=O)NCCCC(F)(F)F)ccc2S1(=O)=O. The van der Waals surface area contributed by atoms with Crippen molar-refractivity contribution in [3.63, 3.8) is 0 Å². The van der Waals surface area contributed by atoms with E-state index < -0.39 is 57.2 Å². The topological polar surface area (TPSA) is 122 Å². The number of fused-ring (bicyclic) bond motifs is 1. The molecule has 1 heterocycles. The summed E-state index contributed by atoms with van der Waals surface area (Å²) in [5.41, 5.74) is -0.535. The molecule has 0 bridgehead atoms. The lowest BCUT2D eigenvalue weighted by Crippen LogP contribution is -2.54. The molecule has 224 valence electrons. The van der Waals surface area contributed by atoms with Gasteiger partial charge >= 0.3 is 12.3 Å². The number of carbonyl (C=O) groups is 3.